The monoisotopic (exact) mass is 298 g/mol. The Morgan fingerprint density at radius 1 is 1.30 bits per heavy atom. The van der Waals surface area contributed by atoms with Crippen molar-refractivity contribution in [3.8, 4) is 0 Å². The van der Waals surface area contributed by atoms with Crippen molar-refractivity contribution in [2.24, 2.45) is 5.73 Å². The number of hydrogen-bond acceptors (Lipinski definition) is 3. The maximum atomic E-state index is 6.47. The molecule has 0 aliphatic carbocycles. The van der Waals surface area contributed by atoms with Gasteiger partial charge in [-0.15, -0.1) is 0 Å². The lowest BCUT2D eigenvalue weighted by Gasteiger charge is -2.33. The average Bonchev–Trinajstić information content (AvgIpc) is 2.43. The van der Waals surface area contributed by atoms with Crippen LogP contribution < -0.4 is 10.6 Å². The number of halogens is 1. The van der Waals surface area contributed by atoms with Gasteiger partial charge < -0.3 is 15.4 Å². The van der Waals surface area contributed by atoms with Crippen molar-refractivity contribution in [1.82, 2.24) is 0 Å². The van der Waals surface area contributed by atoms with E-state index in [1.54, 1.807) is 7.11 Å². The zero-order valence-corrected chi connectivity index (χ0v) is 13.8. The number of nitrogens with two attached hydrogens (primary N) is 1. The van der Waals surface area contributed by atoms with Crippen molar-refractivity contribution in [2.75, 3.05) is 25.2 Å². The molecule has 0 bridgehead atoms. The molecular formula is C16H27ClN2O. The normalized spacial score (nSPS) is 12.8. The number of nitrogens with zero attached hydrogens (tertiary/aromatic N) is 1. The zero-order chi connectivity index (χ0) is 15.1. The summed E-state index contributed by atoms with van der Waals surface area (Å²) >= 11 is 6.47. The van der Waals surface area contributed by atoms with Gasteiger partial charge in [-0.05, 0) is 37.5 Å². The Labute approximate surface area is 128 Å². The lowest BCUT2D eigenvalue weighted by molar-refractivity contribution is 0.202. The van der Waals surface area contributed by atoms with E-state index in [-0.39, 0.29) is 6.04 Å². The summed E-state index contributed by atoms with van der Waals surface area (Å²) in [5.41, 5.74) is 8.04. The van der Waals surface area contributed by atoms with Gasteiger partial charge in [0.15, 0.2) is 0 Å². The van der Waals surface area contributed by atoms with Gasteiger partial charge in [-0.1, -0.05) is 31.5 Å². The molecule has 20 heavy (non-hydrogen) atoms. The highest BCUT2D eigenvalue weighted by Crippen LogP contribution is 2.31. The second-order valence-electron chi connectivity index (χ2n) is 5.16. The number of benzene rings is 1. The molecule has 0 amide bonds. The minimum absolute atomic E-state index is 0.00197. The summed E-state index contributed by atoms with van der Waals surface area (Å²) in [5, 5.41) is 0.766. The maximum Gasteiger partial charge on any atom is 0.0643 e. The van der Waals surface area contributed by atoms with E-state index in [9.17, 15) is 0 Å². The molecule has 0 radical (unpaired) electrons. The number of ether oxygens (including phenoxy) is 1. The Balaban J connectivity index is 3.06. The Bertz CT molecular complexity index is 405. The van der Waals surface area contributed by atoms with E-state index in [1.165, 1.54) is 0 Å². The summed E-state index contributed by atoms with van der Waals surface area (Å²) in [7, 11) is 1.73. The molecule has 1 rings (SSSR count). The van der Waals surface area contributed by atoms with E-state index >= 15 is 0 Å². The third kappa shape index (κ3) is 4.37. The van der Waals surface area contributed by atoms with Crippen molar-refractivity contribution in [3.63, 3.8) is 0 Å². The van der Waals surface area contributed by atoms with E-state index in [0.29, 0.717) is 12.6 Å². The second kappa shape index (κ2) is 8.50. The van der Waals surface area contributed by atoms with Gasteiger partial charge in [0.25, 0.3) is 0 Å². The zero-order valence-electron chi connectivity index (χ0n) is 13.0. The number of methoxy groups -OCH3 is 1. The van der Waals surface area contributed by atoms with Crippen molar-refractivity contribution in [3.05, 3.63) is 28.8 Å². The van der Waals surface area contributed by atoms with Gasteiger partial charge in [0.05, 0.1) is 17.3 Å². The summed E-state index contributed by atoms with van der Waals surface area (Å²) in [6.07, 6.45) is 2.18. The van der Waals surface area contributed by atoms with E-state index < -0.39 is 0 Å². The average molecular weight is 299 g/mol. The van der Waals surface area contributed by atoms with Gasteiger partial charge in [-0.25, -0.2) is 0 Å². The van der Waals surface area contributed by atoms with Crippen LogP contribution in [0.25, 0.3) is 0 Å². The second-order valence-corrected chi connectivity index (χ2v) is 5.56. The highest BCUT2D eigenvalue weighted by Gasteiger charge is 2.18. The topological polar surface area (TPSA) is 38.5 Å². The molecule has 0 fully saturated rings. The molecule has 0 saturated heterocycles. The standard InChI is InChI=1S/C16H27ClN2O/c1-5-14(6-2)19(9-10-20-4)16-8-7-13(12(3)18)11-15(16)17/h7-8,11-12,14H,5-6,9-10,18H2,1-4H3/t12-/m0/s1. The van der Waals surface area contributed by atoms with Crippen LogP contribution >= 0.6 is 11.6 Å². The molecule has 114 valence electrons. The Morgan fingerprint density at radius 3 is 2.40 bits per heavy atom. The number of hydrogen-bond donors (Lipinski definition) is 1. The first kappa shape index (κ1) is 17.3. The highest BCUT2D eigenvalue weighted by atomic mass is 35.5. The largest absolute Gasteiger partial charge is 0.383 e. The van der Waals surface area contributed by atoms with Crippen LogP contribution in [-0.4, -0.2) is 26.3 Å². The quantitative estimate of drug-likeness (QED) is 0.788. The van der Waals surface area contributed by atoms with Gasteiger partial charge in [-0.2, -0.15) is 0 Å². The molecule has 0 aliphatic heterocycles. The predicted molar refractivity (Wildman–Crippen MR) is 87.6 cm³/mol. The number of rotatable bonds is 8. The van der Waals surface area contributed by atoms with Crippen LogP contribution in [0.15, 0.2) is 18.2 Å². The van der Waals surface area contributed by atoms with Crippen LogP contribution in [0.5, 0.6) is 0 Å². The first-order valence-corrected chi connectivity index (χ1v) is 7.73. The van der Waals surface area contributed by atoms with Gasteiger partial charge in [0, 0.05) is 25.7 Å². The summed E-state index contributed by atoms with van der Waals surface area (Å²) in [6, 6.07) is 6.60. The van der Waals surface area contributed by atoms with E-state index in [0.717, 1.165) is 35.7 Å². The molecule has 0 unspecified atom stereocenters. The summed E-state index contributed by atoms with van der Waals surface area (Å²) < 4.78 is 5.23. The van der Waals surface area contributed by atoms with Gasteiger partial charge >= 0.3 is 0 Å². The first-order chi connectivity index (χ1) is 9.54. The molecule has 0 saturated carbocycles. The molecule has 0 aliphatic rings. The van der Waals surface area contributed by atoms with Crippen molar-refractivity contribution < 1.29 is 4.74 Å². The molecule has 1 aromatic rings. The Hall–Kier alpha value is -0.770. The lowest BCUT2D eigenvalue weighted by atomic mass is 10.1. The third-order valence-corrected chi connectivity index (χ3v) is 4.03. The fourth-order valence-corrected chi connectivity index (χ4v) is 2.76. The van der Waals surface area contributed by atoms with Gasteiger partial charge in [-0.3, -0.25) is 0 Å². The summed E-state index contributed by atoms with van der Waals surface area (Å²) in [6.45, 7) is 7.92. The molecule has 3 nitrogen and oxygen atoms in total. The van der Waals surface area contributed by atoms with Crippen LogP contribution in [0.2, 0.25) is 5.02 Å². The lowest BCUT2D eigenvalue weighted by Crippen LogP contribution is -2.37. The highest BCUT2D eigenvalue weighted by molar-refractivity contribution is 6.33. The smallest absolute Gasteiger partial charge is 0.0643 e. The predicted octanol–water partition coefficient (Wildman–Crippen LogP) is 4.00. The van der Waals surface area contributed by atoms with Crippen LogP contribution in [-0.2, 0) is 4.74 Å². The maximum absolute atomic E-state index is 6.47. The Kier molecular flexibility index (Phi) is 7.35. The van der Waals surface area contributed by atoms with Crippen molar-refractivity contribution >= 4 is 17.3 Å². The van der Waals surface area contributed by atoms with E-state index in [4.69, 9.17) is 22.1 Å². The molecule has 0 spiro atoms. The third-order valence-electron chi connectivity index (χ3n) is 3.73. The fraction of sp³-hybridized carbons (Fsp3) is 0.625. The van der Waals surface area contributed by atoms with Crippen LogP contribution in [0.4, 0.5) is 5.69 Å². The molecule has 4 heteroatoms. The fourth-order valence-electron chi connectivity index (χ4n) is 2.46. The van der Waals surface area contributed by atoms with Gasteiger partial charge in [0.1, 0.15) is 0 Å². The van der Waals surface area contributed by atoms with Gasteiger partial charge in [0.2, 0.25) is 0 Å². The van der Waals surface area contributed by atoms with Crippen molar-refractivity contribution in [1.29, 1.82) is 0 Å². The van der Waals surface area contributed by atoms with E-state index in [1.807, 2.05) is 13.0 Å². The molecule has 1 aromatic carbocycles. The summed E-state index contributed by atoms with van der Waals surface area (Å²) in [4.78, 5) is 2.34. The van der Waals surface area contributed by atoms with Crippen molar-refractivity contribution in [2.45, 2.75) is 45.7 Å². The molecule has 0 heterocycles. The SMILES string of the molecule is CCC(CC)N(CCOC)c1ccc([C@H](C)N)cc1Cl. The van der Waals surface area contributed by atoms with E-state index in [2.05, 4.69) is 30.9 Å². The Morgan fingerprint density at radius 2 is 1.95 bits per heavy atom. The molecule has 2 N–H and O–H groups in total. The molecule has 1 atom stereocenters. The summed E-state index contributed by atoms with van der Waals surface area (Å²) in [5.74, 6) is 0. The molecule has 0 aromatic heterocycles. The van der Waals surface area contributed by atoms with Crippen LogP contribution in [0.3, 0.4) is 0 Å². The minimum atomic E-state index is 0.00197. The first-order valence-electron chi connectivity index (χ1n) is 7.35. The number of anilines is 1. The van der Waals surface area contributed by atoms with Crippen LogP contribution in [0.1, 0.15) is 45.2 Å². The minimum Gasteiger partial charge on any atom is -0.383 e. The van der Waals surface area contributed by atoms with Crippen LogP contribution in [0, 0.1) is 0 Å². The molecular weight excluding hydrogens is 272 g/mol.